The molecule has 1 atom stereocenters. The van der Waals surface area contributed by atoms with Gasteiger partial charge in [-0.25, -0.2) is 0 Å². The van der Waals surface area contributed by atoms with Crippen molar-refractivity contribution in [2.45, 2.75) is 25.3 Å². The van der Waals surface area contributed by atoms with Gasteiger partial charge in [0.1, 0.15) is 5.69 Å². The first kappa shape index (κ1) is 13.8. The van der Waals surface area contributed by atoms with Gasteiger partial charge < -0.3 is 15.6 Å². The Kier molecular flexibility index (Phi) is 3.51. The molecule has 0 radical (unpaired) electrons. The fourth-order valence-corrected chi connectivity index (χ4v) is 2.49. The number of carbonyl (C=O) groups excluding carboxylic acids is 1. The first-order chi connectivity index (χ1) is 10.1. The number of nitrogens with two attached hydrogens (primary N) is 1. The number of aromatic nitrogens is 1. The van der Waals surface area contributed by atoms with Gasteiger partial charge in [-0.15, -0.1) is 0 Å². The van der Waals surface area contributed by atoms with E-state index < -0.39 is 0 Å². The van der Waals surface area contributed by atoms with E-state index >= 15 is 0 Å². The molecule has 1 unspecified atom stereocenters. The van der Waals surface area contributed by atoms with Crippen LogP contribution in [0.4, 0.5) is 0 Å². The minimum absolute atomic E-state index is 0.217. The van der Waals surface area contributed by atoms with Gasteiger partial charge in [-0.2, -0.15) is 0 Å². The van der Waals surface area contributed by atoms with Gasteiger partial charge in [-0.1, -0.05) is 35.5 Å². The Morgan fingerprint density at radius 2 is 2.14 bits per heavy atom. The van der Waals surface area contributed by atoms with Crippen molar-refractivity contribution in [1.82, 2.24) is 10.5 Å². The largest absolute Gasteiger partial charge is 0.350 e. The summed E-state index contributed by atoms with van der Waals surface area (Å²) in [6.07, 6.45) is 2.22. The van der Waals surface area contributed by atoms with Crippen LogP contribution in [0.2, 0.25) is 0 Å². The molecule has 1 saturated carbocycles. The number of carbonyl (C=O) groups is 1. The van der Waals surface area contributed by atoms with Gasteiger partial charge in [0, 0.05) is 18.2 Å². The van der Waals surface area contributed by atoms with Crippen LogP contribution in [-0.2, 0) is 0 Å². The molecule has 0 saturated heterocycles. The zero-order valence-corrected chi connectivity index (χ0v) is 12.0. The third-order valence-electron chi connectivity index (χ3n) is 4.11. The Morgan fingerprint density at radius 1 is 1.43 bits per heavy atom. The molecule has 0 aliphatic heterocycles. The van der Waals surface area contributed by atoms with Crippen molar-refractivity contribution < 1.29 is 9.32 Å². The summed E-state index contributed by atoms with van der Waals surface area (Å²) in [5.74, 6) is 0.418. The van der Waals surface area contributed by atoms with Gasteiger partial charge >= 0.3 is 0 Å². The Bertz CT molecular complexity index is 634. The van der Waals surface area contributed by atoms with E-state index in [0.717, 1.165) is 18.4 Å². The van der Waals surface area contributed by atoms with Crippen LogP contribution in [0.15, 0.2) is 40.9 Å². The molecule has 3 rings (SSSR count). The Hall–Kier alpha value is -2.14. The molecule has 1 amide bonds. The van der Waals surface area contributed by atoms with Crippen molar-refractivity contribution in [2.24, 2.45) is 11.7 Å². The van der Waals surface area contributed by atoms with Crippen LogP contribution >= 0.6 is 0 Å². The predicted molar refractivity (Wildman–Crippen MR) is 79.6 cm³/mol. The van der Waals surface area contributed by atoms with Crippen molar-refractivity contribution in [3.63, 3.8) is 0 Å². The van der Waals surface area contributed by atoms with Crippen molar-refractivity contribution in [1.29, 1.82) is 0 Å². The van der Waals surface area contributed by atoms with E-state index in [9.17, 15) is 4.79 Å². The second kappa shape index (κ2) is 5.33. The lowest BCUT2D eigenvalue weighted by molar-refractivity contribution is 0.0860. The van der Waals surface area contributed by atoms with Gasteiger partial charge in [0.05, 0.1) is 5.54 Å². The first-order valence-electron chi connectivity index (χ1n) is 7.17. The van der Waals surface area contributed by atoms with Crippen molar-refractivity contribution in [3.8, 4) is 11.3 Å². The maximum Gasteiger partial charge on any atom is 0.290 e. The maximum atomic E-state index is 12.3. The molecule has 2 aromatic rings. The molecular weight excluding hydrogens is 266 g/mol. The summed E-state index contributed by atoms with van der Waals surface area (Å²) in [5, 5.41) is 6.95. The maximum absolute atomic E-state index is 12.3. The number of hydrogen-bond acceptors (Lipinski definition) is 4. The summed E-state index contributed by atoms with van der Waals surface area (Å²) in [4.78, 5) is 12.3. The molecule has 1 aromatic heterocycles. The average Bonchev–Trinajstić information content (AvgIpc) is 3.26. The lowest BCUT2D eigenvalue weighted by Gasteiger charge is -2.28. The minimum Gasteiger partial charge on any atom is -0.350 e. The monoisotopic (exact) mass is 285 g/mol. The molecular formula is C16H19N3O2. The number of amides is 1. The number of nitrogens with zero attached hydrogens (tertiary/aromatic N) is 1. The van der Waals surface area contributed by atoms with Crippen LogP contribution in [0.1, 0.15) is 30.3 Å². The molecule has 3 N–H and O–H groups in total. The van der Waals surface area contributed by atoms with E-state index in [4.69, 9.17) is 10.3 Å². The number of benzene rings is 1. The zero-order valence-electron chi connectivity index (χ0n) is 12.0. The van der Waals surface area contributed by atoms with Crippen molar-refractivity contribution in [2.75, 3.05) is 6.54 Å². The topological polar surface area (TPSA) is 81.1 Å². The molecule has 1 fully saturated rings. The van der Waals surface area contributed by atoms with E-state index in [2.05, 4.69) is 10.5 Å². The molecule has 1 heterocycles. The third kappa shape index (κ3) is 2.83. The molecule has 5 nitrogen and oxygen atoms in total. The molecule has 0 bridgehead atoms. The molecule has 0 spiro atoms. The van der Waals surface area contributed by atoms with E-state index in [1.54, 1.807) is 6.07 Å². The van der Waals surface area contributed by atoms with Crippen LogP contribution < -0.4 is 11.1 Å². The minimum atomic E-state index is -0.364. The quantitative estimate of drug-likeness (QED) is 0.882. The molecule has 1 aromatic carbocycles. The number of nitrogens with one attached hydrogen (secondary N) is 1. The first-order valence-corrected chi connectivity index (χ1v) is 7.17. The smallest absolute Gasteiger partial charge is 0.290 e. The van der Waals surface area contributed by atoms with Crippen molar-refractivity contribution >= 4 is 5.91 Å². The molecule has 1 aliphatic carbocycles. The summed E-state index contributed by atoms with van der Waals surface area (Å²) < 4.78 is 5.17. The molecule has 5 heteroatoms. The van der Waals surface area contributed by atoms with Crippen LogP contribution in [0, 0.1) is 5.92 Å². The number of hydrogen-bond donors (Lipinski definition) is 2. The van der Waals surface area contributed by atoms with Gasteiger partial charge in [-0.05, 0) is 25.7 Å². The van der Waals surface area contributed by atoms with Crippen LogP contribution in [0.3, 0.4) is 0 Å². The Morgan fingerprint density at radius 3 is 2.76 bits per heavy atom. The summed E-state index contributed by atoms with van der Waals surface area (Å²) in [6, 6.07) is 11.3. The summed E-state index contributed by atoms with van der Waals surface area (Å²) in [7, 11) is 0. The van der Waals surface area contributed by atoms with Crippen LogP contribution in [-0.4, -0.2) is 23.1 Å². The highest BCUT2D eigenvalue weighted by Gasteiger charge is 2.42. The fraction of sp³-hybridized carbons (Fsp3) is 0.375. The lowest BCUT2D eigenvalue weighted by Crippen LogP contribution is -2.53. The zero-order chi connectivity index (χ0) is 14.9. The lowest BCUT2D eigenvalue weighted by atomic mass is 9.96. The van der Waals surface area contributed by atoms with E-state index in [0.29, 0.717) is 18.2 Å². The predicted octanol–water partition coefficient (Wildman–Crippen LogP) is 2.20. The second-order valence-corrected chi connectivity index (χ2v) is 5.79. The second-order valence-electron chi connectivity index (χ2n) is 5.79. The summed E-state index contributed by atoms with van der Waals surface area (Å²) >= 11 is 0. The van der Waals surface area contributed by atoms with Crippen LogP contribution in [0.25, 0.3) is 11.3 Å². The van der Waals surface area contributed by atoms with Gasteiger partial charge in [-0.3, -0.25) is 4.79 Å². The van der Waals surface area contributed by atoms with Crippen molar-refractivity contribution in [3.05, 3.63) is 42.2 Å². The van der Waals surface area contributed by atoms with Gasteiger partial charge in [0.15, 0.2) is 0 Å². The fourth-order valence-electron chi connectivity index (χ4n) is 2.49. The molecule has 110 valence electrons. The van der Waals surface area contributed by atoms with Gasteiger partial charge in [0.2, 0.25) is 5.76 Å². The number of rotatable bonds is 5. The highest BCUT2D eigenvalue weighted by atomic mass is 16.5. The third-order valence-corrected chi connectivity index (χ3v) is 4.11. The molecule has 1 aliphatic rings. The standard InChI is InChI=1S/C16H19N3O2/c1-16(10-17,12-7-8-12)18-15(20)14-9-13(19-21-14)11-5-3-2-4-6-11/h2-6,9,12H,7-8,10,17H2,1H3,(H,18,20). The summed E-state index contributed by atoms with van der Waals surface area (Å²) in [5.41, 5.74) is 7.02. The Balaban J connectivity index is 1.75. The molecule has 21 heavy (non-hydrogen) atoms. The highest BCUT2D eigenvalue weighted by molar-refractivity contribution is 5.93. The van der Waals surface area contributed by atoms with E-state index in [1.165, 1.54) is 0 Å². The van der Waals surface area contributed by atoms with Gasteiger partial charge in [0.25, 0.3) is 5.91 Å². The summed E-state index contributed by atoms with van der Waals surface area (Å²) in [6.45, 7) is 2.40. The van der Waals surface area contributed by atoms with Crippen LogP contribution in [0.5, 0.6) is 0 Å². The SMILES string of the molecule is CC(CN)(NC(=O)c1cc(-c2ccccc2)no1)C1CC1. The Labute approximate surface area is 123 Å². The normalized spacial score (nSPS) is 17.2. The van der Waals surface area contributed by atoms with E-state index in [1.807, 2.05) is 37.3 Å². The highest BCUT2D eigenvalue weighted by Crippen LogP contribution is 2.39. The average molecular weight is 285 g/mol. The van der Waals surface area contributed by atoms with E-state index in [-0.39, 0.29) is 17.2 Å².